The second-order valence-electron chi connectivity index (χ2n) is 29.5. The molecule has 0 spiro atoms. The molecule has 8 aromatic rings. The summed E-state index contributed by atoms with van der Waals surface area (Å²) >= 11 is 0. The van der Waals surface area contributed by atoms with Crippen molar-refractivity contribution in [1.82, 2.24) is 70.2 Å². The average molecular weight is 1360 g/mol. The maximum Gasteiger partial charge on any atom is 0.131 e. The van der Waals surface area contributed by atoms with Crippen LogP contribution >= 0.6 is 0 Å². The first-order valence-corrected chi connectivity index (χ1v) is 35.8. The lowest BCUT2D eigenvalue weighted by molar-refractivity contribution is 0.753. The van der Waals surface area contributed by atoms with Gasteiger partial charge in [0.15, 0.2) is 0 Å². The molecule has 0 aliphatic heterocycles. The van der Waals surface area contributed by atoms with Crippen LogP contribution in [0, 0.1) is 180 Å². The Morgan fingerprint density at radius 3 is 0.667 bits per heavy atom. The number of pyridine rings is 2. The summed E-state index contributed by atoms with van der Waals surface area (Å²) in [5.74, 6) is 6.57. The fraction of sp³-hybridized carbons (Fsp3) is 0.600. The van der Waals surface area contributed by atoms with Crippen molar-refractivity contribution in [3.63, 3.8) is 0 Å². The zero-order valence-electron chi connectivity index (χ0n) is 69.9. The summed E-state index contributed by atoms with van der Waals surface area (Å²) in [5, 5.41) is 16.6. The molecule has 0 saturated heterocycles. The minimum Gasteiger partial charge on any atom is -0.257 e. The summed E-state index contributed by atoms with van der Waals surface area (Å²) in [6.07, 6.45) is 0. The highest BCUT2D eigenvalue weighted by Gasteiger charge is 2.16. The lowest BCUT2D eigenvalue weighted by Gasteiger charge is -2.15. The molecular formula is C85H138N14. The Kier molecular flexibility index (Phi) is 38.5. The summed E-state index contributed by atoms with van der Waals surface area (Å²) in [4.78, 5) is 44.5. The monoisotopic (exact) mass is 1360 g/mol. The van der Waals surface area contributed by atoms with Crippen LogP contribution in [0.15, 0.2) is 0 Å². The van der Waals surface area contributed by atoms with E-state index in [1.165, 1.54) is 106 Å². The van der Waals surface area contributed by atoms with Crippen LogP contribution in [0.3, 0.4) is 0 Å². The molecule has 8 heterocycles. The maximum atomic E-state index is 4.63. The van der Waals surface area contributed by atoms with Crippen molar-refractivity contribution in [2.24, 2.45) is 0 Å². The molecule has 0 atom stereocenters. The van der Waals surface area contributed by atoms with Gasteiger partial charge in [-0.15, -0.1) is 0 Å². The molecule has 14 nitrogen and oxygen atoms in total. The van der Waals surface area contributed by atoms with Gasteiger partial charge in [0, 0.05) is 62.9 Å². The predicted octanol–water partition coefficient (Wildman–Crippen LogP) is 22.7. The van der Waals surface area contributed by atoms with Crippen LogP contribution in [-0.4, -0.2) is 70.2 Å². The normalized spacial score (nSPS) is 10.8. The first kappa shape index (κ1) is 91.8. The van der Waals surface area contributed by atoms with Gasteiger partial charge in [0.2, 0.25) is 0 Å². The Balaban J connectivity index is 0.00000111. The molecular weight excluding hydrogens is 1220 g/mol. The molecule has 0 fully saturated rings. The average Bonchev–Trinajstić information content (AvgIpc) is 0.848. The Morgan fingerprint density at radius 2 is 0.384 bits per heavy atom. The van der Waals surface area contributed by atoms with E-state index in [0.29, 0.717) is 47.3 Å². The van der Waals surface area contributed by atoms with Crippen LogP contribution in [0.25, 0.3) is 0 Å². The summed E-state index contributed by atoms with van der Waals surface area (Å²) in [6.45, 7) is 88.5. The quantitative estimate of drug-likeness (QED) is 0.140. The topological polar surface area (TPSA) is 180 Å². The predicted molar refractivity (Wildman–Crippen MR) is 423 cm³/mol. The van der Waals surface area contributed by atoms with E-state index < -0.39 is 0 Å². The van der Waals surface area contributed by atoms with Crippen molar-refractivity contribution in [3.05, 3.63) is 192 Å². The molecule has 0 radical (unpaired) electrons. The zero-order chi connectivity index (χ0) is 76.1. The minimum absolute atomic E-state index is 0. The SMILES string of the molecule is C.Cc1nc(C(C)C)c(C)c(C)c1C.Cc1nc(C(C)C)c(C)c(C)c1C.Cc1nc(C(C)C)nc(C)c1C.Cc1nc(C)c(C(C)C)nc1C.Cc1nc(C)c(C)c(C(C)C)n1.Cc1nc(C)c(C)c(C(C)C)n1.Cc1nnc(C(C)C)c(C)c1C.Cc1nnc(C(C)C)c(C)c1C. The molecule has 99 heavy (non-hydrogen) atoms. The van der Waals surface area contributed by atoms with Gasteiger partial charge in [0.1, 0.15) is 17.5 Å². The third-order valence-electron chi connectivity index (χ3n) is 18.9. The lowest BCUT2D eigenvalue weighted by atomic mass is 9.97. The summed E-state index contributed by atoms with van der Waals surface area (Å²) < 4.78 is 0. The van der Waals surface area contributed by atoms with E-state index in [-0.39, 0.29) is 7.43 Å². The highest BCUT2D eigenvalue weighted by Crippen LogP contribution is 2.27. The third kappa shape index (κ3) is 27.0. The summed E-state index contributed by atoms with van der Waals surface area (Å²) in [5.41, 5.74) is 37.2. The molecule has 0 aromatic carbocycles. The van der Waals surface area contributed by atoms with E-state index in [9.17, 15) is 0 Å². The first-order valence-electron chi connectivity index (χ1n) is 35.8. The molecule has 0 bridgehead atoms. The van der Waals surface area contributed by atoms with Gasteiger partial charge in [-0.2, -0.15) is 20.4 Å². The molecule has 0 aliphatic carbocycles. The highest BCUT2D eigenvalue weighted by atomic mass is 15.1. The molecule has 0 N–H and O–H groups in total. The number of hydrogen-bond donors (Lipinski definition) is 0. The largest absolute Gasteiger partial charge is 0.257 e. The maximum absolute atomic E-state index is 4.63. The second-order valence-corrected chi connectivity index (χ2v) is 29.5. The van der Waals surface area contributed by atoms with Crippen molar-refractivity contribution < 1.29 is 0 Å². The van der Waals surface area contributed by atoms with Crippen molar-refractivity contribution in [2.75, 3.05) is 0 Å². The molecule has 14 heteroatoms. The van der Waals surface area contributed by atoms with Crippen LogP contribution in [-0.2, 0) is 0 Å². The number of aryl methyl sites for hydroxylation is 13. The summed E-state index contributed by atoms with van der Waals surface area (Å²) in [7, 11) is 0. The molecule has 0 amide bonds. The Labute approximate surface area is 605 Å². The van der Waals surface area contributed by atoms with Crippen molar-refractivity contribution in [2.45, 2.75) is 346 Å². The molecule has 0 saturated carbocycles. The van der Waals surface area contributed by atoms with Crippen molar-refractivity contribution in [3.8, 4) is 0 Å². The van der Waals surface area contributed by atoms with Gasteiger partial charge >= 0.3 is 0 Å². The van der Waals surface area contributed by atoms with Crippen LogP contribution in [0.2, 0.25) is 0 Å². The van der Waals surface area contributed by atoms with Gasteiger partial charge in [-0.25, -0.2) is 29.9 Å². The van der Waals surface area contributed by atoms with Gasteiger partial charge < -0.3 is 0 Å². The van der Waals surface area contributed by atoms with Crippen LogP contribution in [0.1, 0.15) is 358 Å². The Bertz CT molecular complexity index is 3680. The fourth-order valence-corrected chi connectivity index (χ4v) is 10.9. The van der Waals surface area contributed by atoms with E-state index in [4.69, 9.17) is 0 Å². The Hall–Kier alpha value is -7.22. The van der Waals surface area contributed by atoms with E-state index in [1.807, 2.05) is 76.2 Å². The van der Waals surface area contributed by atoms with Crippen LogP contribution in [0.4, 0.5) is 0 Å². The van der Waals surface area contributed by atoms with Gasteiger partial charge in [-0.3, -0.25) is 19.9 Å². The van der Waals surface area contributed by atoms with Gasteiger partial charge in [-0.1, -0.05) is 118 Å². The number of aromatic nitrogens is 14. The van der Waals surface area contributed by atoms with Gasteiger partial charge in [-0.05, 0) is 294 Å². The standard InChI is InChI=1S/2C12H19N.6C10H16N2.CH4/c2*1-7(2)12-10(5)8(3)9(4)11(6)13-12;1-6(2)10-9(5)11-7(3)8(4)12-10;2*1-6(2)10-7(3)8(4)11-9(5)12-10;1-6(2)10-11-8(4)7(3)9(5)12-10;2*1-6(2)10-8(4)7(3)9(5)11-12-10;/h2*7H,1-6H3;6*6H,1-5H3;1H4. The first-order chi connectivity index (χ1) is 45.0. The van der Waals surface area contributed by atoms with E-state index in [2.05, 4.69) is 285 Å². The zero-order valence-corrected chi connectivity index (χ0v) is 69.9. The second kappa shape index (κ2) is 41.5. The van der Waals surface area contributed by atoms with Crippen molar-refractivity contribution in [1.29, 1.82) is 0 Å². The molecule has 8 rings (SSSR count). The highest BCUT2D eigenvalue weighted by molar-refractivity contribution is 5.40. The molecule has 0 unspecified atom stereocenters. The van der Waals surface area contributed by atoms with Crippen molar-refractivity contribution >= 4 is 0 Å². The minimum atomic E-state index is 0. The van der Waals surface area contributed by atoms with Gasteiger partial charge in [0.25, 0.3) is 0 Å². The number of rotatable bonds is 8. The van der Waals surface area contributed by atoms with E-state index in [1.54, 1.807) is 0 Å². The lowest BCUT2D eigenvalue weighted by Crippen LogP contribution is -2.03. The molecule has 0 aliphatic rings. The summed E-state index contributed by atoms with van der Waals surface area (Å²) in [6, 6.07) is 0. The van der Waals surface area contributed by atoms with E-state index >= 15 is 0 Å². The van der Waals surface area contributed by atoms with Crippen LogP contribution < -0.4 is 0 Å². The fourth-order valence-electron chi connectivity index (χ4n) is 10.9. The number of hydrogen-bond acceptors (Lipinski definition) is 14. The van der Waals surface area contributed by atoms with Gasteiger partial charge in [0.05, 0.1) is 45.6 Å². The van der Waals surface area contributed by atoms with E-state index in [0.717, 1.165) is 85.8 Å². The third-order valence-corrected chi connectivity index (χ3v) is 18.9. The Morgan fingerprint density at radius 1 is 0.152 bits per heavy atom. The molecule has 8 aromatic heterocycles. The smallest absolute Gasteiger partial charge is 0.131 e. The van der Waals surface area contributed by atoms with Crippen LogP contribution in [0.5, 0.6) is 0 Å². The molecule has 548 valence electrons. The number of nitrogens with zero attached hydrogens (tertiary/aromatic N) is 14.